The van der Waals surface area contributed by atoms with E-state index in [4.69, 9.17) is 0 Å². The van der Waals surface area contributed by atoms with Gasteiger partial charge in [-0.05, 0) is 13.8 Å². The van der Waals surface area contributed by atoms with Crippen LogP contribution in [0.25, 0.3) is 0 Å². The highest BCUT2D eigenvalue weighted by atomic mass is 16.6. The van der Waals surface area contributed by atoms with Gasteiger partial charge in [-0.2, -0.15) is 0 Å². The molecule has 57 valence electrons. The Morgan fingerprint density at radius 3 is 2.90 bits per heavy atom. The van der Waals surface area contributed by atoms with Crippen molar-refractivity contribution in [2.45, 2.75) is 13.8 Å². The smallest absolute Gasteiger partial charge is 0.347 e. The van der Waals surface area contributed by atoms with E-state index in [-0.39, 0.29) is 6.61 Å². The molecule has 0 aliphatic heterocycles. The SMILES string of the molecule is C/[C]=N/OCC(=O)OCC. The van der Waals surface area contributed by atoms with Crippen LogP contribution >= 0.6 is 0 Å². The van der Waals surface area contributed by atoms with E-state index in [1.807, 2.05) is 0 Å². The fraction of sp³-hybridized carbons (Fsp3) is 0.667. The molecule has 0 saturated carbocycles. The minimum Gasteiger partial charge on any atom is -0.463 e. The van der Waals surface area contributed by atoms with E-state index >= 15 is 0 Å². The molecule has 0 rings (SSSR count). The zero-order chi connectivity index (χ0) is 7.82. The van der Waals surface area contributed by atoms with E-state index in [0.29, 0.717) is 6.61 Å². The van der Waals surface area contributed by atoms with Gasteiger partial charge in [-0.3, -0.25) is 0 Å². The van der Waals surface area contributed by atoms with Crippen molar-refractivity contribution in [1.82, 2.24) is 0 Å². The molecule has 0 aliphatic rings. The van der Waals surface area contributed by atoms with Crippen molar-refractivity contribution < 1.29 is 14.4 Å². The van der Waals surface area contributed by atoms with Crippen molar-refractivity contribution in [3.8, 4) is 0 Å². The number of esters is 1. The van der Waals surface area contributed by atoms with Gasteiger partial charge in [0.2, 0.25) is 6.61 Å². The molecule has 0 spiro atoms. The fourth-order valence-corrected chi connectivity index (χ4v) is 0.352. The number of rotatable bonds is 4. The van der Waals surface area contributed by atoms with Crippen LogP contribution in [0.3, 0.4) is 0 Å². The normalized spacial score (nSPS) is 9.80. The lowest BCUT2D eigenvalue weighted by Crippen LogP contribution is -2.10. The first kappa shape index (κ1) is 8.94. The van der Waals surface area contributed by atoms with Crippen LogP contribution in [0.2, 0.25) is 0 Å². The second-order valence-corrected chi connectivity index (χ2v) is 1.39. The van der Waals surface area contributed by atoms with Gasteiger partial charge >= 0.3 is 5.97 Å². The monoisotopic (exact) mass is 144 g/mol. The minimum atomic E-state index is -0.415. The molecule has 10 heavy (non-hydrogen) atoms. The van der Waals surface area contributed by atoms with Crippen LogP contribution in [0.1, 0.15) is 13.8 Å². The second kappa shape index (κ2) is 6.07. The van der Waals surface area contributed by atoms with Gasteiger partial charge in [0.05, 0.1) is 6.61 Å². The topological polar surface area (TPSA) is 47.9 Å². The average molecular weight is 144 g/mol. The van der Waals surface area contributed by atoms with E-state index < -0.39 is 5.97 Å². The molecule has 0 bridgehead atoms. The Morgan fingerprint density at radius 1 is 1.70 bits per heavy atom. The average Bonchev–Trinajstić information content (AvgIpc) is 1.89. The first-order valence-corrected chi connectivity index (χ1v) is 2.95. The standard InChI is InChI=1S/C6H10NO3/c1-3-7-10-5-6(8)9-4-2/h4-5H2,1-2H3. The van der Waals surface area contributed by atoms with E-state index in [2.05, 4.69) is 20.9 Å². The van der Waals surface area contributed by atoms with Crippen molar-refractivity contribution in [1.29, 1.82) is 0 Å². The zero-order valence-electron chi connectivity index (χ0n) is 6.09. The fourth-order valence-electron chi connectivity index (χ4n) is 0.352. The Bertz CT molecular complexity index is 122. The number of ether oxygens (including phenoxy) is 1. The lowest BCUT2D eigenvalue weighted by molar-refractivity contribution is -0.148. The highest BCUT2D eigenvalue weighted by Crippen LogP contribution is 1.80. The molecule has 0 aromatic carbocycles. The summed E-state index contributed by atoms with van der Waals surface area (Å²) in [6, 6.07) is 0. The molecule has 0 N–H and O–H groups in total. The molecular formula is C6H10NO3. The number of hydrogen-bond donors (Lipinski definition) is 0. The first-order valence-electron chi connectivity index (χ1n) is 2.95. The molecule has 0 heterocycles. The van der Waals surface area contributed by atoms with Crippen molar-refractivity contribution >= 4 is 12.2 Å². The van der Waals surface area contributed by atoms with Gasteiger partial charge in [-0.15, -0.1) is 0 Å². The summed E-state index contributed by atoms with van der Waals surface area (Å²) in [5, 5.41) is 3.24. The number of carbonyl (C=O) groups excluding carboxylic acids is 1. The van der Waals surface area contributed by atoms with Gasteiger partial charge in [0.1, 0.15) is 6.21 Å². The molecular weight excluding hydrogens is 134 g/mol. The Kier molecular flexibility index (Phi) is 5.42. The van der Waals surface area contributed by atoms with Crippen molar-refractivity contribution in [3.05, 3.63) is 0 Å². The summed E-state index contributed by atoms with van der Waals surface area (Å²) in [5.74, 6) is -0.415. The summed E-state index contributed by atoms with van der Waals surface area (Å²) < 4.78 is 4.54. The zero-order valence-corrected chi connectivity index (χ0v) is 6.09. The van der Waals surface area contributed by atoms with Gasteiger partial charge in [0.25, 0.3) is 0 Å². The van der Waals surface area contributed by atoms with E-state index in [1.54, 1.807) is 13.8 Å². The Morgan fingerprint density at radius 2 is 2.40 bits per heavy atom. The Balaban J connectivity index is 3.21. The van der Waals surface area contributed by atoms with Gasteiger partial charge in [-0.25, -0.2) is 4.79 Å². The van der Waals surface area contributed by atoms with Crippen LogP contribution in [0.5, 0.6) is 0 Å². The molecule has 0 amide bonds. The maximum Gasteiger partial charge on any atom is 0.347 e. The summed E-state index contributed by atoms with van der Waals surface area (Å²) in [4.78, 5) is 14.9. The van der Waals surface area contributed by atoms with E-state index in [1.165, 1.54) is 0 Å². The van der Waals surface area contributed by atoms with Gasteiger partial charge < -0.3 is 9.57 Å². The van der Waals surface area contributed by atoms with E-state index in [9.17, 15) is 4.79 Å². The van der Waals surface area contributed by atoms with Gasteiger partial charge in [0.15, 0.2) is 0 Å². The highest BCUT2D eigenvalue weighted by Gasteiger charge is 1.98. The summed E-state index contributed by atoms with van der Waals surface area (Å²) in [7, 11) is 0. The molecule has 0 unspecified atom stereocenters. The Labute approximate surface area is 59.8 Å². The summed E-state index contributed by atoms with van der Waals surface area (Å²) in [6.07, 6.45) is 2.36. The lowest BCUT2D eigenvalue weighted by atomic mass is 10.7. The maximum absolute atomic E-state index is 10.5. The summed E-state index contributed by atoms with van der Waals surface area (Å²) in [5.41, 5.74) is 0. The van der Waals surface area contributed by atoms with Crippen molar-refractivity contribution in [2.75, 3.05) is 13.2 Å². The van der Waals surface area contributed by atoms with Gasteiger partial charge in [0, 0.05) is 0 Å². The van der Waals surface area contributed by atoms with E-state index in [0.717, 1.165) is 0 Å². The molecule has 4 heteroatoms. The summed E-state index contributed by atoms with van der Waals surface area (Å²) >= 11 is 0. The second-order valence-electron chi connectivity index (χ2n) is 1.39. The predicted octanol–water partition coefficient (Wildman–Crippen LogP) is 0.449. The summed E-state index contributed by atoms with van der Waals surface area (Å²) in [6.45, 7) is 3.52. The van der Waals surface area contributed by atoms with Crippen molar-refractivity contribution in [3.63, 3.8) is 0 Å². The third-order valence-electron chi connectivity index (χ3n) is 0.644. The molecule has 0 aromatic heterocycles. The van der Waals surface area contributed by atoms with Crippen LogP contribution < -0.4 is 0 Å². The highest BCUT2D eigenvalue weighted by molar-refractivity contribution is 5.70. The van der Waals surface area contributed by atoms with Crippen LogP contribution in [0.15, 0.2) is 5.16 Å². The number of hydrogen-bond acceptors (Lipinski definition) is 4. The minimum absolute atomic E-state index is 0.144. The number of carbonyl (C=O) groups is 1. The molecule has 0 fully saturated rings. The third-order valence-corrected chi connectivity index (χ3v) is 0.644. The number of nitrogens with zero attached hydrogens (tertiary/aromatic N) is 1. The van der Waals surface area contributed by atoms with Crippen LogP contribution in [0.4, 0.5) is 0 Å². The molecule has 0 aliphatic carbocycles. The predicted molar refractivity (Wildman–Crippen MR) is 35.7 cm³/mol. The molecule has 4 nitrogen and oxygen atoms in total. The maximum atomic E-state index is 10.5. The van der Waals surface area contributed by atoms with Crippen LogP contribution in [-0.4, -0.2) is 25.4 Å². The molecule has 1 radical (unpaired) electrons. The quantitative estimate of drug-likeness (QED) is 0.327. The van der Waals surface area contributed by atoms with Crippen LogP contribution in [0, 0.1) is 0 Å². The van der Waals surface area contributed by atoms with Gasteiger partial charge in [-0.1, -0.05) is 5.16 Å². The Hall–Kier alpha value is -1.06. The first-order chi connectivity index (χ1) is 4.81. The van der Waals surface area contributed by atoms with Crippen LogP contribution in [-0.2, 0) is 14.4 Å². The third kappa shape index (κ3) is 5.08. The largest absolute Gasteiger partial charge is 0.463 e. The molecule has 0 aromatic rings. The molecule has 0 atom stereocenters. The molecule has 0 saturated heterocycles. The van der Waals surface area contributed by atoms with Crippen molar-refractivity contribution in [2.24, 2.45) is 5.16 Å². The lowest BCUT2D eigenvalue weighted by Gasteiger charge is -1.97.